The largest absolute Gasteiger partial charge is 0.497 e. The Morgan fingerprint density at radius 3 is 2.53 bits per heavy atom. The van der Waals surface area contributed by atoms with Gasteiger partial charge in [-0.05, 0) is 62.2 Å². The summed E-state index contributed by atoms with van der Waals surface area (Å²) in [5.74, 6) is 0.365. The van der Waals surface area contributed by atoms with Crippen molar-refractivity contribution in [3.63, 3.8) is 0 Å². The first-order valence-corrected chi connectivity index (χ1v) is 11.4. The highest BCUT2D eigenvalue weighted by Crippen LogP contribution is 2.37. The number of aromatic nitrogens is 1. The lowest BCUT2D eigenvalue weighted by Gasteiger charge is -2.44. The summed E-state index contributed by atoms with van der Waals surface area (Å²) in [6, 6.07) is 14.9. The Kier molecular flexibility index (Phi) is 5.13. The molecule has 0 saturated heterocycles. The van der Waals surface area contributed by atoms with Crippen molar-refractivity contribution >= 4 is 40.0 Å². The summed E-state index contributed by atoms with van der Waals surface area (Å²) < 4.78 is 7.34. The maximum Gasteiger partial charge on any atom is 0.275 e. The average molecular weight is 452 g/mol. The van der Waals surface area contributed by atoms with E-state index in [0.29, 0.717) is 28.7 Å². The van der Waals surface area contributed by atoms with Crippen LogP contribution in [0.4, 0.5) is 5.69 Å². The number of carbonyl (C=O) groups excluding carboxylic acids is 2. The lowest BCUT2D eigenvalue weighted by Crippen LogP contribution is -2.65. The van der Waals surface area contributed by atoms with Gasteiger partial charge in [-0.25, -0.2) is 0 Å². The van der Waals surface area contributed by atoms with Gasteiger partial charge in [0.2, 0.25) is 5.91 Å². The molecule has 1 aliphatic carbocycles. The van der Waals surface area contributed by atoms with Crippen LogP contribution in [0.15, 0.2) is 48.5 Å². The van der Waals surface area contributed by atoms with Gasteiger partial charge in [-0.1, -0.05) is 24.4 Å². The molecule has 0 bridgehead atoms. The molecule has 166 valence electrons. The Morgan fingerprint density at radius 1 is 1.12 bits per heavy atom. The maximum absolute atomic E-state index is 13.8. The van der Waals surface area contributed by atoms with E-state index in [1.807, 2.05) is 35.8 Å². The fourth-order valence-corrected chi connectivity index (χ4v) is 5.13. The normalized spacial score (nSPS) is 21.1. The molecule has 5 rings (SSSR count). The van der Waals surface area contributed by atoms with Crippen molar-refractivity contribution < 1.29 is 14.3 Å². The molecule has 2 heterocycles. The van der Waals surface area contributed by atoms with E-state index in [1.54, 1.807) is 36.3 Å². The van der Waals surface area contributed by atoms with Gasteiger partial charge >= 0.3 is 0 Å². The first-order chi connectivity index (χ1) is 15.4. The van der Waals surface area contributed by atoms with Gasteiger partial charge < -0.3 is 14.6 Å². The summed E-state index contributed by atoms with van der Waals surface area (Å²) in [6.45, 7) is 2.19. The van der Waals surface area contributed by atoms with Gasteiger partial charge in [0.1, 0.15) is 17.0 Å². The number of ether oxygens (including phenoxy) is 1. The second-order valence-corrected chi connectivity index (χ2v) is 9.32. The van der Waals surface area contributed by atoms with Crippen LogP contribution in [0.5, 0.6) is 5.75 Å². The third kappa shape index (κ3) is 3.34. The van der Waals surface area contributed by atoms with E-state index in [1.165, 1.54) is 0 Å². The third-order valence-electron chi connectivity index (χ3n) is 6.76. The zero-order valence-corrected chi connectivity index (χ0v) is 19.0. The molecule has 3 aromatic rings. The van der Waals surface area contributed by atoms with E-state index in [0.717, 1.165) is 36.6 Å². The van der Waals surface area contributed by atoms with Gasteiger partial charge in [0.25, 0.3) is 5.91 Å². The van der Waals surface area contributed by atoms with Crippen LogP contribution < -0.4 is 15.0 Å². The van der Waals surface area contributed by atoms with Crippen molar-refractivity contribution in [2.45, 2.75) is 50.7 Å². The Morgan fingerprint density at radius 2 is 1.84 bits per heavy atom. The van der Waals surface area contributed by atoms with Crippen LogP contribution in [-0.2, 0) is 11.3 Å². The molecule has 1 aliphatic heterocycles. The summed E-state index contributed by atoms with van der Waals surface area (Å²) in [4.78, 5) is 29.2. The van der Waals surface area contributed by atoms with Gasteiger partial charge in [0.15, 0.2) is 0 Å². The van der Waals surface area contributed by atoms with Crippen LogP contribution in [0.25, 0.3) is 10.9 Å². The number of amides is 2. The number of carbonyl (C=O) groups is 2. The first-order valence-electron chi connectivity index (χ1n) is 11.0. The third-order valence-corrected chi connectivity index (χ3v) is 7.01. The second-order valence-electron chi connectivity index (χ2n) is 8.89. The van der Waals surface area contributed by atoms with Crippen LogP contribution in [0.3, 0.4) is 0 Å². The molecule has 0 spiro atoms. The van der Waals surface area contributed by atoms with E-state index in [-0.39, 0.29) is 17.9 Å². The number of hydrogen-bond acceptors (Lipinski definition) is 3. The van der Waals surface area contributed by atoms with Gasteiger partial charge in [-0.2, -0.15) is 0 Å². The van der Waals surface area contributed by atoms with Crippen molar-refractivity contribution in [1.82, 2.24) is 9.88 Å². The molecule has 2 aliphatic rings. The average Bonchev–Trinajstić information content (AvgIpc) is 3.42. The fourth-order valence-electron chi connectivity index (χ4n) is 5.00. The SMILES string of the molecule is COc1ccc2cc3n(c2c1)C[C@@](C)(C(=O)NC1CCCC1)N(c1ccc(Cl)cc1)C3=O. The van der Waals surface area contributed by atoms with Crippen LogP contribution in [0.1, 0.15) is 43.1 Å². The predicted octanol–water partition coefficient (Wildman–Crippen LogP) is 4.78. The standard InChI is InChI=1S/C25H26ClN3O3/c1-25(24(31)27-18-5-3-4-6-18)15-28-21-14-20(32-2)12-7-16(21)13-22(28)23(30)29(25)19-10-8-17(26)9-11-19/h7-14,18H,3-6,15H2,1-2H3,(H,27,31)/t25-/m0/s1. The van der Waals surface area contributed by atoms with E-state index in [9.17, 15) is 9.59 Å². The van der Waals surface area contributed by atoms with Crippen molar-refractivity contribution in [3.8, 4) is 5.75 Å². The Hall–Kier alpha value is -2.99. The molecule has 7 heteroatoms. The Bertz CT molecular complexity index is 1200. The van der Waals surface area contributed by atoms with Crippen LogP contribution in [0, 0.1) is 0 Å². The minimum Gasteiger partial charge on any atom is -0.497 e. The summed E-state index contributed by atoms with van der Waals surface area (Å²) in [5.41, 5.74) is 0.977. The molecule has 32 heavy (non-hydrogen) atoms. The van der Waals surface area contributed by atoms with Crippen molar-refractivity contribution in [2.75, 3.05) is 12.0 Å². The molecule has 0 unspecified atom stereocenters. The van der Waals surface area contributed by atoms with Gasteiger partial charge in [-0.15, -0.1) is 0 Å². The monoisotopic (exact) mass is 451 g/mol. The van der Waals surface area contributed by atoms with Crippen LogP contribution >= 0.6 is 11.6 Å². The Labute approximate surface area is 192 Å². The lowest BCUT2D eigenvalue weighted by atomic mass is 9.93. The maximum atomic E-state index is 13.8. The quantitative estimate of drug-likeness (QED) is 0.620. The topological polar surface area (TPSA) is 63.6 Å². The van der Waals surface area contributed by atoms with Crippen LogP contribution in [0.2, 0.25) is 5.02 Å². The molecule has 1 saturated carbocycles. The smallest absolute Gasteiger partial charge is 0.275 e. The highest BCUT2D eigenvalue weighted by Gasteiger charge is 2.49. The van der Waals surface area contributed by atoms with Gasteiger partial charge in [0, 0.05) is 28.2 Å². The van der Waals surface area contributed by atoms with E-state index >= 15 is 0 Å². The number of nitrogens with zero attached hydrogens (tertiary/aromatic N) is 2. The molecule has 1 aromatic heterocycles. The molecule has 1 fully saturated rings. The van der Waals surface area contributed by atoms with E-state index in [4.69, 9.17) is 16.3 Å². The molecule has 6 nitrogen and oxygen atoms in total. The predicted molar refractivity (Wildman–Crippen MR) is 126 cm³/mol. The number of fused-ring (bicyclic) bond motifs is 3. The highest BCUT2D eigenvalue weighted by molar-refractivity contribution is 6.30. The van der Waals surface area contributed by atoms with Crippen molar-refractivity contribution in [1.29, 1.82) is 0 Å². The number of methoxy groups -OCH3 is 1. The summed E-state index contributed by atoms with van der Waals surface area (Å²) >= 11 is 6.10. The number of rotatable bonds is 4. The van der Waals surface area contributed by atoms with Crippen molar-refractivity contribution in [3.05, 3.63) is 59.2 Å². The van der Waals surface area contributed by atoms with E-state index in [2.05, 4.69) is 5.32 Å². The van der Waals surface area contributed by atoms with Crippen LogP contribution in [-0.4, -0.2) is 35.1 Å². The number of nitrogens with one attached hydrogen (secondary N) is 1. The molecular weight excluding hydrogens is 426 g/mol. The fraction of sp³-hybridized carbons (Fsp3) is 0.360. The molecule has 1 atom stereocenters. The van der Waals surface area contributed by atoms with Gasteiger partial charge in [-0.3, -0.25) is 14.5 Å². The molecule has 0 radical (unpaired) electrons. The molecule has 1 N–H and O–H groups in total. The van der Waals surface area contributed by atoms with Crippen molar-refractivity contribution in [2.24, 2.45) is 0 Å². The number of benzene rings is 2. The molecular formula is C25H26ClN3O3. The second kappa shape index (κ2) is 7.85. The minimum atomic E-state index is -1.10. The summed E-state index contributed by atoms with van der Waals surface area (Å²) in [5, 5.41) is 4.73. The zero-order valence-electron chi connectivity index (χ0n) is 18.2. The lowest BCUT2D eigenvalue weighted by molar-refractivity contribution is -0.127. The van der Waals surface area contributed by atoms with Gasteiger partial charge in [0.05, 0.1) is 19.2 Å². The number of halogens is 1. The highest BCUT2D eigenvalue weighted by atomic mass is 35.5. The minimum absolute atomic E-state index is 0.136. The first kappa shape index (κ1) is 20.9. The zero-order chi connectivity index (χ0) is 22.5. The molecule has 2 aromatic carbocycles. The number of anilines is 1. The molecule has 2 amide bonds. The summed E-state index contributed by atoms with van der Waals surface area (Å²) in [6.07, 6.45) is 4.19. The van der Waals surface area contributed by atoms with E-state index < -0.39 is 5.54 Å². The number of hydrogen-bond donors (Lipinski definition) is 1. The Balaban J connectivity index is 1.64. The summed E-state index contributed by atoms with van der Waals surface area (Å²) in [7, 11) is 1.62.